The summed E-state index contributed by atoms with van der Waals surface area (Å²) in [5, 5.41) is 34.6. The van der Waals surface area contributed by atoms with E-state index in [1.807, 2.05) is 97.9 Å². The minimum Gasteiger partial charge on any atom is -0.458 e. The van der Waals surface area contributed by atoms with Gasteiger partial charge in [0.1, 0.15) is 18.3 Å². The first kappa shape index (κ1) is 48.9. The first-order valence-electron chi connectivity index (χ1n) is 21.2. The van der Waals surface area contributed by atoms with Crippen molar-refractivity contribution < 1.29 is 58.0 Å². The molecule has 58 heavy (non-hydrogen) atoms. The number of methoxy groups -OCH3 is 2. The molecule has 0 bridgehead atoms. The Balaban J connectivity index is 1.79. The molecule has 3 N–H and O–H groups in total. The zero-order valence-electron chi connectivity index (χ0n) is 37.4. The van der Waals surface area contributed by atoms with Crippen LogP contribution in [0.1, 0.15) is 80.2 Å². The highest BCUT2D eigenvalue weighted by Crippen LogP contribution is 2.41. The number of aliphatic hydroxyl groups is 3. The Kier molecular flexibility index (Phi) is 18.0. The maximum Gasteiger partial charge on any atom is 0.311 e. The molecule has 3 fully saturated rings. The Morgan fingerprint density at radius 2 is 1.52 bits per heavy atom. The third-order valence-corrected chi connectivity index (χ3v) is 13.0. The highest BCUT2D eigenvalue weighted by atomic mass is 16.7. The predicted octanol–water partition coefficient (Wildman–Crippen LogP) is 3.86. The fraction of sp³-hybridized carbons (Fsp3) is 0.841. The highest BCUT2D eigenvalue weighted by Gasteiger charge is 2.52. The molecular formula is C44H76N2O12. The van der Waals surface area contributed by atoms with Crippen LogP contribution in [0.15, 0.2) is 30.3 Å². The van der Waals surface area contributed by atoms with Gasteiger partial charge in [-0.05, 0) is 86.0 Å². The first-order valence-corrected chi connectivity index (χ1v) is 21.2. The molecule has 0 unspecified atom stereocenters. The van der Waals surface area contributed by atoms with E-state index < -0.39 is 84.3 Å². The zero-order valence-corrected chi connectivity index (χ0v) is 37.4. The minimum absolute atomic E-state index is 0.148. The van der Waals surface area contributed by atoms with Crippen molar-refractivity contribution in [3.05, 3.63) is 35.9 Å². The molecule has 0 spiro atoms. The Morgan fingerprint density at radius 3 is 2.14 bits per heavy atom. The normalized spacial score (nSPS) is 43.1. The van der Waals surface area contributed by atoms with E-state index in [0.717, 1.165) is 5.56 Å². The van der Waals surface area contributed by atoms with Crippen LogP contribution in [0.2, 0.25) is 0 Å². The molecule has 14 nitrogen and oxygen atoms in total. The number of carbonyl (C=O) groups is 1. The largest absolute Gasteiger partial charge is 0.458 e. The SMILES string of the molecule is CO[C@]1(C)C[C@@H](C)[C@H](O)[C@H](C)CN(C)C[C@H](COCc2ccccc2)OC(=O)[C@H](C)[C@@H](O[C@H]2C[C@@](C)(OC)[C@@H](O)[C@H](C)O2)[C@H](C)[C@H]1O[C@@H]1O[C@H](C)C[C@H](N(C)C)[C@H]1O. The monoisotopic (exact) mass is 825 g/mol. The smallest absolute Gasteiger partial charge is 0.311 e. The average molecular weight is 825 g/mol. The molecule has 4 rings (SSSR count). The second-order valence-corrected chi connectivity index (χ2v) is 18.3. The predicted molar refractivity (Wildman–Crippen MR) is 219 cm³/mol. The van der Waals surface area contributed by atoms with Gasteiger partial charge in [0.15, 0.2) is 12.6 Å². The van der Waals surface area contributed by atoms with Gasteiger partial charge in [0.05, 0.1) is 60.9 Å². The van der Waals surface area contributed by atoms with E-state index >= 15 is 0 Å². The maximum absolute atomic E-state index is 14.5. The van der Waals surface area contributed by atoms with Crippen LogP contribution in [0.4, 0.5) is 0 Å². The topological polar surface area (TPSA) is 158 Å². The van der Waals surface area contributed by atoms with Crippen molar-refractivity contribution in [1.29, 1.82) is 0 Å². The second kappa shape index (κ2) is 21.3. The Morgan fingerprint density at radius 1 is 0.862 bits per heavy atom. The van der Waals surface area contributed by atoms with Gasteiger partial charge >= 0.3 is 5.97 Å². The number of ether oxygens (including phenoxy) is 8. The number of carbonyl (C=O) groups excluding carboxylic acids is 1. The molecule has 1 aromatic carbocycles. The van der Waals surface area contributed by atoms with E-state index in [4.69, 9.17) is 37.9 Å². The lowest BCUT2D eigenvalue weighted by Gasteiger charge is -2.49. The first-order chi connectivity index (χ1) is 27.2. The van der Waals surface area contributed by atoms with E-state index in [0.29, 0.717) is 32.5 Å². The summed E-state index contributed by atoms with van der Waals surface area (Å²) in [6, 6.07) is 9.58. The molecule has 3 aliphatic heterocycles. The molecular weight excluding hydrogens is 748 g/mol. The molecule has 3 saturated heterocycles. The molecule has 0 amide bonds. The summed E-state index contributed by atoms with van der Waals surface area (Å²) in [6.07, 6.45) is -6.66. The van der Waals surface area contributed by atoms with Gasteiger partial charge in [0, 0.05) is 45.7 Å². The van der Waals surface area contributed by atoms with Crippen molar-refractivity contribution >= 4 is 5.97 Å². The van der Waals surface area contributed by atoms with Crippen LogP contribution in [0.25, 0.3) is 0 Å². The summed E-state index contributed by atoms with van der Waals surface area (Å²) < 4.78 is 51.2. The van der Waals surface area contributed by atoms with Crippen LogP contribution in [-0.4, -0.2) is 165 Å². The van der Waals surface area contributed by atoms with Crippen LogP contribution in [0.3, 0.4) is 0 Å². The van der Waals surface area contributed by atoms with Gasteiger partial charge < -0.3 is 63.0 Å². The minimum atomic E-state index is -1.08. The zero-order chi connectivity index (χ0) is 43.1. The average Bonchev–Trinajstić information content (AvgIpc) is 3.17. The molecule has 17 atom stereocenters. The van der Waals surface area contributed by atoms with Crippen LogP contribution in [0, 0.1) is 23.7 Å². The molecule has 3 heterocycles. The number of hydrogen-bond donors (Lipinski definition) is 3. The molecule has 14 heteroatoms. The quantitative estimate of drug-likeness (QED) is 0.277. The van der Waals surface area contributed by atoms with E-state index in [1.54, 1.807) is 28.1 Å². The van der Waals surface area contributed by atoms with Crippen LogP contribution in [-0.2, 0) is 49.3 Å². The van der Waals surface area contributed by atoms with Gasteiger partial charge in [-0.15, -0.1) is 0 Å². The van der Waals surface area contributed by atoms with Crippen molar-refractivity contribution in [1.82, 2.24) is 9.80 Å². The number of esters is 1. The van der Waals surface area contributed by atoms with Gasteiger partial charge in [0.25, 0.3) is 0 Å². The number of rotatable bonds is 11. The summed E-state index contributed by atoms with van der Waals surface area (Å²) in [4.78, 5) is 18.6. The van der Waals surface area contributed by atoms with Gasteiger partial charge in [-0.2, -0.15) is 0 Å². The third kappa shape index (κ3) is 12.2. The van der Waals surface area contributed by atoms with Crippen molar-refractivity contribution in [2.45, 2.75) is 160 Å². The molecule has 0 saturated carbocycles. The summed E-state index contributed by atoms with van der Waals surface area (Å²) in [6.45, 7) is 16.6. The molecule has 0 aliphatic carbocycles. The number of nitrogens with zero attached hydrogens (tertiary/aromatic N) is 2. The maximum atomic E-state index is 14.5. The van der Waals surface area contributed by atoms with Crippen molar-refractivity contribution in [3.63, 3.8) is 0 Å². The third-order valence-electron chi connectivity index (χ3n) is 13.0. The van der Waals surface area contributed by atoms with Crippen molar-refractivity contribution in [2.24, 2.45) is 23.7 Å². The van der Waals surface area contributed by atoms with E-state index in [-0.39, 0.29) is 37.0 Å². The van der Waals surface area contributed by atoms with E-state index in [1.165, 1.54) is 0 Å². The molecule has 3 aliphatic rings. The van der Waals surface area contributed by atoms with Gasteiger partial charge in [-0.1, -0.05) is 51.1 Å². The lowest BCUT2D eigenvalue weighted by atomic mass is 9.75. The van der Waals surface area contributed by atoms with Crippen molar-refractivity contribution in [2.75, 3.05) is 55.1 Å². The number of hydrogen-bond acceptors (Lipinski definition) is 14. The molecule has 0 aromatic heterocycles. The van der Waals surface area contributed by atoms with E-state index in [2.05, 4.69) is 4.90 Å². The number of likely N-dealkylation sites (N-methyl/N-ethyl adjacent to an activating group) is 2. The summed E-state index contributed by atoms with van der Waals surface area (Å²) in [5.74, 6) is -2.41. The van der Waals surface area contributed by atoms with Crippen LogP contribution >= 0.6 is 0 Å². The standard InChI is InChI=1S/C44H76N2O12/c1-26-20-44(8,52-13)40(58-42-37(48)34(45(9)10)19-28(3)54-42)29(4)38(57-35-21-43(7,51-12)39(49)31(6)55-35)30(5)41(50)56-33(23-46(11)22-27(2)36(26)47)25-53-24-32-17-15-14-16-18-32/h14-18,26-31,33-40,42,47-49H,19-25H2,1-13H3/t26-,27-,28-,29+,30-,31+,33-,34+,35+,36+,37-,38+,39+,40-,42+,43-,44-/m1/s1. The Labute approximate surface area is 347 Å². The lowest BCUT2D eigenvalue weighted by Crippen LogP contribution is -2.61. The van der Waals surface area contributed by atoms with Crippen LogP contribution in [0.5, 0.6) is 0 Å². The summed E-state index contributed by atoms with van der Waals surface area (Å²) in [7, 11) is 8.95. The fourth-order valence-electron chi connectivity index (χ4n) is 9.33. The molecule has 1 aromatic rings. The van der Waals surface area contributed by atoms with Crippen molar-refractivity contribution in [3.8, 4) is 0 Å². The Hall–Kier alpha value is -1.79. The molecule has 0 radical (unpaired) electrons. The van der Waals surface area contributed by atoms with Gasteiger partial charge in [-0.3, -0.25) is 4.79 Å². The van der Waals surface area contributed by atoms with E-state index in [9.17, 15) is 20.1 Å². The number of benzene rings is 1. The number of aliphatic hydroxyl groups excluding tert-OH is 3. The van der Waals surface area contributed by atoms with Gasteiger partial charge in [0.2, 0.25) is 0 Å². The Bertz CT molecular complexity index is 1390. The summed E-state index contributed by atoms with van der Waals surface area (Å²) in [5.41, 5.74) is -1.07. The molecule has 334 valence electrons. The van der Waals surface area contributed by atoms with Crippen LogP contribution < -0.4 is 0 Å². The lowest BCUT2D eigenvalue weighted by molar-refractivity contribution is -0.319. The number of cyclic esters (lactones) is 1. The summed E-state index contributed by atoms with van der Waals surface area (Å²) >= 11 is 0. The highest BCUT2D eigenvalue weighted by molar-refractivity contribution is 5.73. The second-order valence-electron chi connectivity index (χ2n) is 18.3. The fourth-order valence-corrected chi connectivity index (χ4v) is 9.33. The van der Waals surface area contributed by atoms with Gasteiger partial charge in [-0.25, -0.2) is 0 Å².